The van der Waals surface area contributed by atoms with Gasteiger partial charge in [0.1, 0.15) is 12.9 Å². The zero-order valence-electron chi connectivity index (χ0n) is 10.0. The minimum absolute atomic E-state index is 0.0955. The van der Waals surface area contributed by atoms with Gasteiger partial charge in [0.15, 0.2) is 0 Å². The predicted octanol–water partition coefficient (Wildman–Crippen LogP) is -0.869. The Kier molecular flexibility index (Phi) is 4.03. The highest BCUT2D eigenvalue weighted by molar-refractivity contribution is 5.75. The summed E-state index contributed by atoms with van der Waals surface area (Å²) in [6.07, 6.45) is 3.73. The van der Waals surface area contributed by atoms with Crippen LogP contribution in [-0.4, -0.2) is 57.7 Å². The molecule has 1 amide bonds. The lowest BCUT2D eigenvalue weighted by molar-refractivity contribution is -0.133. The molecule has 1 aromatic rings. The van der Waals surface area contributed by atoms with Gasteiger partial charge in [0, 0.05) is 13.1 Å². The highest BCUT2D eigenvalue weighted by Gasteiger charge is 2.23. The van der Waals surface area contributed by atoms with Crippen LogP contribution in [0.5, 0.6) is 0 Å². The van der Waals surface area contributed by atoms with E-state index in [0.717, 1.165) is 26.1 Å². The van der Waals surface area contributed by atoms with Gasteiger partial charge in [0.25, 0.3) is 0 Å². The molecule has 1 aliphatic rings. The van der Waals surface area contributed by atoms with E-state index in [0.29, 0.717) is 5.92 Å². The molecule has 1 aromatic heterocycles. The van der Waals surface area contributed by atoms with E-state index < -0.39 is 0 Å². The summed E-state index contributed by atoms with van der Waals surface area (Å²) in [6, 6.07) is 0. The summed E-state index contributed by atoms with van der Waals surface area (Å²) < 4.78 is 1.46. The first-order valence-electron chi connectivity index (χ1n) is 5.92. The van der Waals surface area contributed by atoms with Gasteiger partial charge in [0.05, 0.1) is 0 Å². The molecule has 7 nitrogen and oxygen atoms in total. The average molecular weight is 238 g/mol. The summed E-state index contributed by atoms with van der Waals surface area (Å²) in [7, 11) is 1.95. The number of nitrogens with one attached hydrogen (secondary N) is 1. The standard InChI is InChI=1S/C10H18N6O/c1-11-5-9-3-2-4-15(6-9)10(17)7-16-8-12-13-14-16/h8-9,11H,2-7H2,1H3. The number of hydrogen-bond donors (Lipinski definition) is 1. The number of likely N-dealkylation sites (tertiary alicyclic amines) is 1. The van der Waals surface area contributed by atoms with Crippen molar-refractivity contribution in [3.05, 3.63) is 6.33 Å². The molecule has 94 valence electrons. The molecule has 0 spiro atoms. The molecule has 0 saturated carbocycles. The number of nitrogens with zero attached hydrogens (tertiary/aromatic N) is 5. The fraction of sp³-hybridized carbons (Fsp3) is 0.800. The van der Waals surface area contributed by atoms with Crippen molar-refractivity contribution in [3.8, 4) is 0 Å². The molecule has 2 heterocycles. The Bertz CT molecular complexity index is 350. The molecule has 1 unspecified atom stereocenters. The predicted molar refractivity (Wildman–Crippen MR) is 61.0 cm³/mol. The molecule has 7 heteroatoms. The molecule has 2 rings (SSSR count). The number of amides is 1. The normalized spacial score (nSPS) is 20.5. The summed E-state index contributed by atoms with van der Waals surface area (Å²) >= 11 is 0. The molecule has 1 fully saturated rings. The summed E-state index contributed by atoms with van der Waals surface area (Å²) in [5.74, 6) is 0.657. The summed E-state index contributed by atoms with van der Waals surface area (Å²) in [5, 5.41) is 13.9. The average Bonchev–Trinajstić information content (AvgIpc) is 2.83. The monoisotopic (exact) mass is 238 g/mol. The maximum Gasteiger partial charge on any atom is 0.244 e. The highest BCUT2D eigenvalue weighted by atomic mass is 16.2. The second-order valence-electron chi connectivity index (χ2n) is 4.41. The molecule has 1 saturated heterocycles. The van der Waals surface area contributed by atoms with Crippen LogP contribution >= 0.6 is 0 Å². The molecule has 17 heavy (non-hydrogen) atoms. The SMILES string of the molecule is CNCC1CCCN(C(=O)Cn2cnnn2)C1. The largest absolute Gasteiger partial charge is 0.341 e. The van der Waals surface area contributed by atoms with E-state index >= 15 is 0 Å². The van der Waals surface area contributed by atoms with Crippen LogP contribution in [0.4, 0.5) is 0 Å². The summed E-state index contributed by atoms with van der Waals surface area (Å²) in [6.45, 7) is 2.89. The Morgan fingerprint density at radius 1 is 1.59 bits per heavy atom. The van der Waals surface area contributed by atoms with Crippen LogP contribution in [0.2, 0.25) is 0 Å². The smallest absolute Gasteiger partial charge is 0.244 e. The molecule has 1 atom stereocenters. The minimum Gasteiger partial charge on any atom is -0.341 e. The van der Waals surface area contributed by atoms with E-state index in [4.69, 9.17) is 0 Å². The Hall–Kier alpha value is -1.50. The maximum atomic E-state index is 12.0. The van der Waals surface area contributed by atoms with Gasteiger partial charge in [-0.25, -0.2) is 4.68 Å². The Morgan fingerprint density at radius 3 is 3.18 bits per heavy atom. The Balaban J connectivity index is 1.86. The molecular weight excluding hydrogens is 220 g/mol. The number of carbonyl (C=O) groups excluding carboxylic acids is 1. The fourth-order valence-electron chi connectivity index (χ4n) is 2.24. The minimum atomic E-state index is 0.0955. The molecule has 0 aromatic carbocycles. The quantitative estimate of drug-likeness (QED) is 0.738. The van der Waals surface area contributed by atoms with Crippen LogP contribution < -0.4 is 5.32 Å². The Morgan fingerprint density at radius 2 is 2.47 bits per heavy atom. The van der Waals surface area contributed by atoms with E-state index in [1.165, 1.54) is 17.4 Å². The van der Waals surface area contributed by atoms with E-state index in [-0.39, 0.29) is 12.5 Å². The van der Waals surface area contributed by atoms with Crippen LogP contribution in [0.25, 0.3) is 0 Å². The molecule has 1 N–H and O–H groups in total. The number of tetrazole rings is 1. The van der Waals surface area contributed by atoms with Crippen molar-refractivity contribution in [2.45, 2.75) is 19.4 Å². The number of hydrogen-bond acceptors (Lipinski definition) is 5. The molecule has 1 aliphatic heterocycles. The van der Waals surface area contributed by atoms with Gasteiger partial charge in [-0.05, 0) is 42.8 Å². The zero-order valence-corrected chi connectivity index (χ0v) is 10.0. The van der Waals surface area contributed by atoms with Gasteiger partial charge in [-0.15, -0.1) is 5.10 Å². The first-order valence-corrected chi connectivity index (χ1v) is 5.92. The van der Waals surface area contributed by atoms with Crippen LogP contribution in [0.15, 0.2) is 6.33 Å². The van der Waals surface area contributed by atoms with Crippen molar-refractivity contribution in [3.63, 3.8) is 0 Å². The van der Waals surface area contributed by atoms with Crippen LogP contribution in [0.1, 0.15) is 12.8 Å². The molecular formula is C10H18N6O. The van der Waals surface area contributed by atoms with Crippen LogP contribution in [0, 0.1) is 5.92 Å². The lowest BCUT2D eigenvalue weighted by atomic mass is 9.98. The van der Waals surface area contributed by atoms with Crippen molar-refractivity contribution in [2.75, 3.05) is 26.7 Å². The summed E-state index contributed by atoms with van der Waals surface area (Å²) in [5.41, 5.74) is 0. The van der Waals surface area contributed by atoms with Crippen LogP contribution in [0.3, 0.4) is 0 Å². The number of aromatic nitrogens is 4. The van der Waals surface area contributed by atoms with E-state index in [1.807, 2.05) is 11.9 Å². The maximum absolute atomic E-state index is 12.0. The van der Waals surface area contributed by atoms with Crippen molar-refractivity contribution in [1.29, 1.82) is 0 Å². The van der Waals surface area contributed by atoms with Crippen molar-refractivity contribution >= 4 is 5.91 Å². The second-order valence-corrected chi connectivity index (χ2v) is 4.41. The Labute approximate surface area is 100 Å². The van der Waals surface area contributed by atoms with E-state index in [9.17, 15) is 4.79 Å². The lowest BCUT2D eigenvalue weighted by Crippen LogP contribution is -2.43. The number of carbonyl (C=O) groups is 1. The van der Waals surface area contributed by atoms with E-state index in [1.54, 1.807) is 0 Å². The van der Waals surface area contributed by atoms with Gasteiger partial charge >= 0.3 is 0 Å². The van der Waals surface area contributed by atoms with Gasteiger partial charge < -0.3 is 10.2 Å². The van der Waals surface area contributed by atoms with Gasteiger partial charge in [-0.3, -0.25) is 4.79 Å². The molecule has 0 bridgehead atoms. The molecule has 0 radical (unpaired) electrons. The fourth-order valence-corrected chi connectivity index (χ4v) is 2.24. The third-order valence-corrected chi connectivity index (χ3v) is 3.05. The van der Waals surface area contributed by atoms with Crippen molar-refractivity contribution < 1.29 is 4.79 Å². The van der Waals surface area contributed by atoms with E-state index in [2.05, 4.69) is 20.8 Å². The molecule has 0 aliphatic carbocycles. The number of piperidine rings is 1. The third-order valence-electron chi connectivity index (χ3n) is 3.05. The zero-order chi connectivity index (χ0) is 12.1. The number of rotatable bonds is 4. The van der Waals surface area contributed by atoms with Crippen molar-refractivity contribution in [1.82, 2.24) is 30.4 Å². The topological polar surface area (TPSA) is 75.9 Å². The first kappa shape index (κ1) is 12.0. The van der Waals surface area contributed by atoms with Crippen molar-refractivity contribution in [2.24, 2.45) is 5.92 Å². The second kappa shape index (κ2) is 5.72. The summed E-state index contributed by atoms with van der Waals surface area (Å²) in [4.78, 5) is 13.9. The lowest BCUT2D eigenvalue weighted by Gasteiger charge is -2.32. The third kappa shape index (κ3) is 3.23. The van der Waals surface area contributed by atoms with Crippen LogP contribution in [-0.2, 0) is 11.3 Å². The first-order chi connectivity index (χ1) is 8.29. The highest BCUT2D eigenvalue weighted by Crippen LogP contribution is 2.15. The van der Waals surface area contributed by atoms with Gasteiger partial charge in [-0.1, -0.05) is 0 Å². The van der Waals surface area contributed by atoms with Gasteiger partial charge in [-0.2, -0.15) is 0 Å². The van der Waals surface area contributed by atoms with Gasteiger partial charge in [0.2, 0.25) is 5.91 Å².